The van der Waals surface area contributed by atoms with E-state index in [-0.39, 0.29) is 5.54 Å². The molecule has 0 saturated carbocycles. The summed E-state index contributed by atoms with van der Waals surface area (Å²) in [6, 6.07) is 0. The van der Waals surface area contributed by atoms with Gasteiger partial charge in [-0.25, -0.2) is 0 Å². The quantitative estimate of drug-likeness (QED) is 0.546. The van der Waals surface area contributed by atoms with Crippen molar-refractivity contribution in [3.8, 4) is 0 Å². The fraction of sp³-hybridized carbons (Fsp3) is 0.875. The number of ether oxygens (including phenoxy) is 1. The number of nitrogens with two attached hydrogens (primary N) is 1. The van der Waals surface area contributed by atoms with E-state index in [1.165, 1.54) is 0 Å². The number of aliphatic imine (C=N–C) groups is 1. The Bertz CT molecular complexity index is 208. The Morgan fingerprint density at radius 1 is 1.67 bits per heavy atom. The van der Waals surface area contributed by atoms with Crippen LogP contribution in [-0.4, -0.2) is 43.2 Å². The topological polar surface area (TPSA) is 50.8 Å². The second-order valence-corrected chi connectivity index (χ2v) is 3.61. The molecule has 4 nitrogen and oxygen atoms in total. The van der Waals surface area contributed by atoms with Gasteiger partial charge in [-0.3, -0.25) is 4.99 Å². The minimum atomic E-state index is 0.0856. The number of rotatable bonds is 0. The lowest BCUT2D eigenvalue weighted by atomic mass is 9.92. The predicted octanol–water partition coefficient (Wildman–Crippen LogP) is -0.204. The Labute approximate surface area is 72.4 Å². The molecular formula is C8H15N3O. The molecule has 0 aromatic heterocycles. The van der Waals surface area contributed by atoms with E-state index in [1.807, 2.05) is 7.05 Å². The standard InChI is InChI=1S/C8H15N3O/c1-11-7(9)10-5-8(11)3-2-4-12-6-8/h2-6H2,1H3,(H2,9,10). The zero-order valence-electron chi connectivity index (χ0n) is 7.42. The molecular weight excluding hydrogens is 154 g/mol. The van der Waals surface area contributed by atoms with Gasteiger partial charge in [-0.15, -0.1) is 0 Å². The van der Waals surface area contributed by atoms with Crippen molar-refractivity contribution in [2.24, 2.45) is 10.7 Å². The molecule has 2 heterocycles. The second-order valence-electron chi connectivity index (χ2n) is 3.61. The van der Waals surface area contributed by atoms with Crippen LogP contribution in [0.2, 0.25) is 0 Å². The van der Waals surface area contributed by atoms with Crippen LogP contribution in [0.4, 0.5) is 0 Å². The maximum absolute atomic E-state index is 5.70. The normalized spacial score (nSPS) is 35.8. The molecule has 1 atom stereocenters. The SMILES string of the molecule is CN1C(N)=NCC12CCCOC2. The van der Waals surface area contributed by atoms with Crippen molar-refractivity contribution >= 4 is 5.96 Å². The maximum atomic E-state index is 5.70. The average molecular weight is 169 g/mol. The summed E-state index contributed by atoms with van der Waals surface area (Å²) < 4.78 is 5.46. The van der Waals surface area contributed by atoms with Crippen LogP contribution in [0.3, 0.4) is 0 Å². The summed E-state index contributed by atoms with van der Waals surface area (Å²) in [4.78, 5) is 6.30. The third-order valence-electron chi connectivity index (χ3n) is 2.89. The minimum absolute atomic E-state index is 0.0856. The molecule has 12 heavy (non-hydrogen) atoms. The first kappa shape index (κ1) is 7.86. The number of nitrogens with zero attached hydrogens (tertiary/aromatic N) is 2. The molecule has 2 aliphatic rings. The van der Waals surface area contributed by atoms with E-state index >= 15 is 0 Å². The third-order valence-corrected chi connectivity index (χ3v) is 2.89. The van der Waals surface area contributed by atoms with Crippen molar-refractivity contribution in [1.29, 1.82) is 0 Å². The van der Waals surface area contributed by atoms with Crippen molar-refractivity contribution < 1.29 is 4.74 Å². The van der Waals surface area contributed by atoms with Gasteiger partial charge in [0.2, 0.25) is 0 Å². The van der Waals surface area contributed by atoms with Gasteiger partial charge in [-0.05, 0) is 12.8 Å². The van der Waals surface area contributed by atoms with Gasteiger partial charge in [0.15, 0.2) is 5.96 Å². The van der Waals surface area contributed by atoms with Crippen LogP contribution < -0.4 is 5.73 Å². The van der Waals surface area contributed by atoms with Gasteiger partial charge in [-0.2, -0.15) is 0 Å². The summed E-state index contributed by atoms with van der Waals surface area (Å²) in [6.07, 6.45) is 2.26. The highest BCUT2D eigenvalue weighted by Crippen LogP contribution is 2.28. The lowest BCUT2D eigenvalue weighted by Crippen LogP contribution is -2.54. The van der Waals surface area contributed by atoms with Gasteiger partial charge in [0, 0.05) is 13.7 Å². The molecule has 2 N–H and O–H groups in total. The van der Waals surface area contributed by atoms with Crippen LogP contribution in [0.25, 0.3) is 0 Å². The summed E-state index contributed by atoms with van der Waals surface area (Å²) in [5, 5.41) is 0. The van der Waals surface area contributed by atoms with Gasteiger partial charge in [-0.1, -0.05) is 0 Å². The lowest BCUT2D eigenvalue weighted by Gasteiger charge is -2.39. The van der Waals surface area contributed by atoms with E-state index in [0.29, 0.717) is 5.96 Å². The second kappa shape index (κ2) is 2.62. The van der Waals surface area contributed by atoms with Crippen LogP contribution in [-0.2, 0) is 4.74 Å². The molecule has 2 rings (SSSR count). The Morgan fingerprint density at radius 2 is 2.50 bits per heavy atom. The van der Waals surface area contributed by atoms with Gasteiger partial charge in [0.05, 0.1) is 18.7 Å². The van der Waals surface area contributed by atoms with E-state index in [2.05, 4.69) is 9.89 Å². The van der Waals surface area contributed by atoms with Crippen molar-refractivity contribution in [1.82, 2.24) is 4.90 Å². The first-order valence-corrected chi connectivity index (χ1v) is 4.36. The largest absolute Gasteiger partial charge is 0.379 e. The van der Waals surface area contributed by atoms with Crippen LogP contribution in [0.5, 0.6) is 0 Å². The summed E-state index contributed by atoms with van der Waals surface area (Å²) in [5.41, 5.74) is 5.79. The molecule has 0 bridgehead atoms. The van der Waals surface area contributed by atoms with E-state index in [9.17, 15) is 0 Å². The Kier molecular flexibility index (Phi) is 1.72. The first-order valence-electron chi connectivity index (χ1n) is 4.36. The van der Waals surface area contributed by atoms with Crippen LogP contribution in [0.1, 0.15) is 12.8 Å². The predicted molar refractivity (Wildman–Crippen MR) is 47.0 cm³/mol. The zero-order valence-corrected chi connectivity index (χ0v) is 7.42. The molecule has 2 aliphatic heterocycles. The molecule has 0 radical (unpaired) electrons. The highest BCUT2D eigenvalue weighted by atomic mass is 16.5. The number of hydrogen-bond acceptors (Lipinski definition) is 4. The van der Waals surface area contributed by atoms with E-state index in [0.717, 1.165) is 32.6 Å². The Hall–Kier alpha value is -0.770. The first-order chi connectivity index (χ1) is 5.75. The van der Waals surface area contributed by atoms with Crippen molar-refractivity contribution in [3.05, 3.63) is 0 Å². The van der Waals surface area contributed by atoms with Crippen LogP contribution in [0.15, 0.2) is 4.99 Å². The molecule has 68 valence electrons. The summed E-state index contributed by atoms with van der Waals surface area (Å²) in [6.45, 7) is 2.46. The zero-order chi connectivity index (χ0) is 8.60. The highest BCUT2D eigenvalue weighted by Gasteiger charge is 2.41. The molecule has 0 aromatic carbocycles. The van der Waals surface area contributed by atoms with Crippen LogP contribution >= 0.6 is 0 Å². The number of hydrogen-bond donors (Lipinski definition) is 1. The van der Waals surface area contributed by atoms with Crippen molar-refractivity contribution in [2.75, 3.05) is 26.8 Å². The van der Waals surface area contributed by atoms with E-state index < -0.39 is 0 Å². The Morgan fingerprint density at radius 3 is 3.00 bits per heavy atom. The fourth-order valence-corrected chi connectivity index (χ4v) is 1.91. The Balaban J connectivity index is 2.12. The third kappa shape index (κ3) is 0.982. The summed E-state index contributed by atoms with van der Waals surface area (Å²) in [5.74, 6) is 0.653. The molecule has 1 saturated heterocycles. The van der Waals surface area contributed by atoms with Crippen molar-refractivity contribution in [2.45, 2.75) is 18.4 Å². The van der Waals surface area contributed by atoms with E-state index in [1.54, 1.807) is 0 Å². The monoisotopic (exact) mass is 169 g/mol. The molecule has 0 aliphatic carbocycles. The van der Waals surface area contributed by atoms with Crippen LogP contribution in [0, 0.1) is 0 Å². The summed E-state index contributed by atoms with van der Waals surface area (Å²) >= 11 is 0. The van der Waals surface area contributed by atoms with Gasteiger partial charge in [0.25, 0.3) is 0 Å². The smallest absolute Gasteiger partial charge is 0.191 e. The van der Waals surface area contributed by atoms with Crippen molar-refractivity contribution in [3.63, 3.8) is 0 Å². The average Bonchev–Trinajstić information content (AvgIpc) is 2.37. The highest BCUT2D eigenvalue weighted by molar-refractivity contribution is 5.80. The molecule has 1 unspecified atom stereocenters. The fourth-order valence-electron chi connectivity index (χ4n) is 1.91. The van der Waals surface area contributed by atoms with E-state index in [4.69, 9.17) is 10.5 Å². The molecule has 0 aromatic rings. The molecule has 1 spiro atoms. The van der Waals surface area contributed by atoms with Gasteiger partial charge < -0.3 is 15.4 Å². The van der Waals surface area contributed by atoms with Gasteiger partial charge in [0.1, 0.15) is 0 Å². The molecule has 4 heteroatoms. The molecule has 1 fully saturated rings. The van der Waals surface area contributed by atoms with Gasteiger partial charge >= 0.3 is 0 Å². The lowest BCUT2D eigenvalue weighted by molar-refractivity contribution is -0.00172. The number of likely N-dealkylation sites (N-methyl/N-ethyl adjacent to an activating group) is 1. The number of guanidine groups is 1. The maximum Gasteiger partial charge on any atom is 0.191 e. The molecule has 0 amide bonds. The summed E-state index contributed by atoms with van der Waals surface area (Å²) in [7, 11) is 2.00. The minimum Gasteiger partial charge on any atom is -0.379 e.